The SMILES string of the molecule is Cc1ccc(S(=O)(=O)NC(CC(C)C)C(=O)N2CC=C(c3c[nH]c4ccccc34)CC2)cc1. The minimum atomic E-state index is -3.79. The van der Waals surface area contributed by atoms with Gasteiger partial charge in [0, 0.05) is 35.8 Å². The average molecular weight is 466 g/mol. The smallest absolute Gasteiger partial charge is 0.241 e. The van der Waals surface area contributed by atoms with Gasteiger partial charge in [0.05, 0.1) is 4.90 Å². The molecule has 1 aliphatic rings. The molecule has 1 aromatic heterocycles. The summed E-state index contributed by atoms with van der Waals surface area (Å²) in [5, 5.41) is 1.17. The van der Waals surface area contributed by atoms with E-state index in [1.807, 2.05) is 39.1 Å². The van der Waals surface area contributed by atoms with Crippen LogP contribution < -0.4 is 4.72 Å². The molecule has 1 aliphatic heterocycles. The van der Waals surface area contributed by atoms with Gasteiger partial charge in [-0.15, -0.1) is 0 Å². The highest BCUT2D eigenvalue weighted by atomic mass is 32.2. The van der Waals surface area contributed by atoms with Crippen molar-refractivity contribution >= 4 is 32.4 Å². The first-order chi connectivity index (χ1) is 15.7. The number of nitrogens with zero attached hydrogens (tertiary/aromatic N) is 1. The monoisotopic (exact) mass is 465 g/mol. The Bertz CT molecular complexity index is 1270. The molecule has 0 bridgehead atoms. The fourth-order valence-electron chi connectivity index (χ4n) is 4.32. The zero-order valence-corrected chi connectivity index (χ0v) is 20.2. The largest absolute Gasteiger partial charge is 0.361 e. The zero-order chi connectivity index (χ0) is 23.6. The number of carbonyl (C=O) groups excluding carboxylic acids is 1. The van der Waals surface area contributed by atoms with Crippen molar-refractivity contribution in [1.82, 2.24) is 14.6 Å². The van der Waals surface area contributed by atoms with E-state index in [-0.39, 0.29) is 16.7 Å². The summed E-state index contributed by atoms with van der Waals surface area (Å²) in [5.74, 6) is -0.00426. The summed E-state index contributed by atoms with van der Waals surface area (Å²) in [4.78, 5) is 18.6. The van der Waals surface area contributed by atoms with Gasteiger partial charge in [0.15, 0.2) is 0 Å². The third-order valence-corrected chi connectivity index (χ3v) is 7.58. The van der Waals surface area contributed by atoms with Gasteiger partial charge in [-0.2, -0.15) is 4.72 Å². The van der Waals surface area contributed by atoms with Gasteiger partial charge >= 0.3 is 0 Å². The third-order valence-electron chi connectivity index (χ3n) is 6.09. The van der Waals surface area contributed by atoms with Crippen LogP contribution in [0.5, 0.6) is 0 Å². The van der Waals surface area contributed by atoms with Gasteiger partial charge in [-0.05, 0) is 49.5 Å². The molecular weight excluding hydrogens is 434 g/mol. The van der Waals surface area contributed by atoms with Crippen LogP contribution >= 0.6 is 0 Å². The van der Waals surface area contributed by atoms with Crippen molar-refractivity contribution in [2.45, 2.75) is 44.6 Å². The molecule has 1 amide bonds. The van der Waals surface area contributed by atoms with Crippen LogP contribution in [-0.2, 0) is 14.8 Å². The first-order valence-electron chi connectivity index (χ1n) is 11.4. The van der Waals surface area contributed by atoms with E-state index in [4.69, 9.17) is 0 Å². The molecule has 0 aliphatic carbocycles. The number of aromatic nitrogens is 1. The molecule has 0 saturated carbocycles. The second-order valence-electron chi connectivity index (χ2n) is 9.13. The Morgan fingerprint density at radius 3 is 2.52 bits per heavy atom. The van der Waals surface area contributed by atoms with Crippen LogP contribution in [0.4, 0.5) is 0 Å². The summed E-state index contributed by atoms with van der Waals surface area (Å²) < 4.78 is 28.6. The van der Waals surface area contributed by atoms with Gasteiger partial charge in [0.1, 0.15) is 6.04 Å². The highest BCUT2D eigenvalue weighted by Crippen LogP contribution is 2.29. The summed E-state index contributed by atoms with van der Waals surface area (Å²) >= 11 is 0. The summed E-state index contributed by atoms with van der Waals surface area (Å²) in [7, 11) is -3.79. The van der Waals surface area contributed by atoms with Crippen LogP contribution in [0, 0.1) is 12.8 Å². The number of para-hydroxylation sites is 1. The predicted octanol–water partition coefficient (Wildman–Crippen LogP) is 4.49. The highest BCUT2D eigenvalue weighted by molar-refractivity contribution is 7.89. The number of H-pyrrole nitrogens is 1. The van der Waals surface area contributed by atoms with E-state index in [1.54, 1.807) is 29.2 Å². The molecule has 0 fully saturated rings. The van der Waals surface area contributed by atoms with Crippen molar-refractivity contribution < 1.29 is 13.2 Å². The quantitative estimate of drug-likeness (QED) is 0.540. The molecule has 2 aromatic carbocycles. The van der Waals surface area contributed by atoms with E-state index in [2.05, 4.69) is 27.9 Å². The summed E-state index contributed by atoms with van der Waals surface area (Å²) in [6, 6.07) is 14.1. The number of rotatable bonds is 7. The maximum atomic E-state index is 13.4. The molecule has 33 heavy (non-hydrogen) atoms. The molecule has 0 saturated heterocycles. The second-order valence-corrected chi connectivity index (χ2v) is 10.8. The molecule has 6 nitrogen and oxygen atoms in total. The van der Waals surface area contributed by atoms with Gasteiger partial charge < -0.3 is 9.88 Å². The maximum Gasteiger partial charge on any atom is 0.241 e. The van der Waals surface area contributed by atoms with Gasteiger partial charge in [-0.25, -0.2) is 8.42 Å². The molecule has 2 N–H and O–H groups in total. The molecule has 3 aromatic rings. The summed E-state index contributed by atoms with van der Waals surface area (Å²) in [5.41, 5.74) is 4.44. The molecular formula is C26H31N3O3S. The number of hydrogen-bond donors (Lipinski definition) is 2. The molecule has 4 rings (SSSR count). The van der Waals surface area contributed by atoms with Crippen molar-refractivity contribution in [1.29, 1.82) is 0 Å². The van der Waals surface area contributed by atoms with E-state index in [9.17, 15) is 13.2 Å². The van der Waals surface area contributed by atoms with Crippen LogP contribution in [0.25, 0.3) is 16.5 Å². The first kappa shape index (κ1) is 23.3. The van der Waals surface area contributed by atoms with Gasteiger partial charge in [0.2, 0.25) is 15.9 Å². The lowest BCUT2D eigenvalue weighted by molar-refractivity contribution is -0.133. The van der Waals surface area contributed by atoms with E-state index in [0.29, 0.717) is 19.5 Å². The average Bonchev–Trinajstić information content (AvgIpc) is 3.22. The lowest BCUT2D eigenvalue weighted by Gasteiger charge is -2.31. The van der Waals surface area contributed by atoms with Crippen molar-refractivity contribution in [3.05, 3.63) is 71.9 Å². The fraction of sp³-hybridized carbons (Fsp3) is 0.346. The molecule has 0 radical (unpaired) electrons. The van der Waals surface area contributed by atoms with Gasteiger partial charge in [-0.3, -0.25) is 4.79 Å². The van der Waals surface area contributed by atoms with Crippen LogP contribution in [0.2, 0.25) is 0 Å². The normalized spacial score (nSPS) is 15.6. The van der Waals surface area contributed by atoms with Crippen LogP contribution in [-0.4, -0.2) is 43.3 Å². The predicted molar refractivity (Wildman–Crippen MR) is 132 cm³/mol. The van der Waals surface area contributed by atoms with Crippen LogP contribution in [0.15, 0.2) is 65.7 Å². The fourth-order valence-corrected chi connectivity index (χ4v) is 5.52. The van der Waals surface area contributed by atoms with Crippen molar-refractivity contribution in [2.75, 3.05) is 13.1 Å². The van der Waals surface area contributed by atoms with E-state index in [1.165, 1.54) is 11.0 Å². The number of aryl methyl sites for hydroxylation is 1. The Morgan fingerprint density at radius 2 is 1.85 bits per heavy atom. The number of hydrogen-bond acceptors (Lipinski definition) is 3. The topological polar surface area (TPSA) is 82.3 Å². The Labute approximate surface area is 195 Å². The zero-order valence-electron chi connectivity index (χ0n) is 19.3. The van der Waals surface area contributed by atoms with E-state index < -0.39 is 16.1 Å². The number of sulfonamides is 1. The minimum absolute atomic E-state index is 0.168. The molecule has 2 heterocycles. The number of aromatic amines is 1. The van der Waals surface area contributed by atoms with E-state index in [0.717, 1.165) is 23.1 Å². The standard InChI is InChI=1S/C26H31N3O3S/c1-18(2)16-25(28-33(31,32)21-10-8-19(3)9-11-21)26(30)29-14-12-20(13-15-29)23-17-27-24-7-5-4-6-22(23)24/h4-12,17-18,25,27-28H,13-16H2,1-3H3. The Kier molecular flexibility index (Phi) is 6.72. The third kappa shape index (κ3) is 5.20. The Balaban J connectivity index is 1.51. The van der Waals surface area contributed by atoms with Gasteiger partial charge in [-0.1, -0.05) is 55.8 Å². The minimum Gasteiger partial charge on any atom is -0.361 e. The second kappa shape index (κ2) is 9.53. The summed E-state index contributed by atoms with van der Waals surface area (Å²) in [6.45, 7) is 6.92. The van der Waals surface area contributed by atoms with Crippen molar-refractivity contribution in [3.8, 4) is 0 Å². The summed E-state index contributed by atoms with van der Waals surface area (Å²) in [6.07, 6.45) is 5.27. The lowest BCUT2D eigenvalue weighted by atomic mass is 9.97. The Hall–Kier alpha value is -2.90. The number of benzene rings is 2. The highest BCUT2D eigenvalue weighted by Gasteiger charge is 2.31. The van der Waals surface area contributed by atoms with Crippen LogP contribution in [0.3, 0.4) is 0 Å². The number of nitrogens with one attached hydrogen (secondary N) is 2. The molecule has 1 atom stereocenters. The molecule has 7 heteroatoms. The number of fused-ring (bicyclic) bond motifs is 1. The molecule has 174 valence electrons. The molecule has 1 unspecified atom stereocenters. The van der Waals surface area contributed by atoms with E-state index >= 15 is 0 Å². The maximum absolute atomic E-state index is 13.4. The number of amides is 1. The Morgan fingerprint density at radius 1 is 1.12 bits per heavy atom. The lowest BCUT2D eigenvalue weighted by Crippen LogP contribution is -2.50. The van der Waals surface area contributed by atoms with Crippen LogP contribution in [0.1, 0.15) is 37.8 Å². The van der Waals surface area contributed by atoms with Gasteiger partial charge in [0.25, 0.3) is 0 Å². The van der Waals surface area contributed by atoms with Crippen molar-refractivity contribution in [2.24, 2.45) is 5.92 Å². The number of carbonyl (C=O) groups is 1. The van der Waals surface area contributed by atoms with Crippen molar-refractivity contribution in [3.63, 3.8) is 0 Å². The first-order valence-corrected chi connectivity index (χ1v) is 12.9. The molecule has 0 spiro atoms.